The number of hydrogen-bond donors (Lipinski definition) is 1. The van der Waals surface area contributed by atoms with Crippen LogP contribution in [0.2, 0.25) is 5.15 Å². The Morgan fingerprint density at radius 1 is 1.16 bits per heavy atom. The number of halogens is 1. The molecule has 12 heteroatoms. The van der Waals surface area contributed by atoms with E-state index < -0.39 is 0 Å². The molecular formula is C25H24ClN7O3S. The second-order valence-corrected chi connectivity index (χ2v) is 10.1. The van der Waals surface area contributed by atoms with E-state index in [0.717, 1.165) is 28.4 Å². The Bertz CT molecular complexity index is 1510. The highest BCUT2D eigenvalue weighted by molar-refractivity contribution is 7.16. The summed E-state index contributed by atoms with van der Waals surface area (Å²) in [6.45, 7) is 4.64. The van der Waals surface area contributed by atoms with Crippen LogP contribution in [-0.4, -0.2) is 48.6 Å². The van der Waals surface area contributed by atoms with E-state index in [1.807, 2.05) is 19.9 Å². The lowest BCUT2D eigenvalue weighted by molar-refractivity contribution is 0.0739. The molecule has 10 nitrogen and oxygen atoms in total. The second-order valence-electron chi connectivity index (χ2n) is 8.58. The highest BCUT2D eigenvalue weighted by Gasteiger charge is 2.30. The number of ether oxygens (including phenoxy) is 1. The van der Waals surface area contributed by atoms with Crippen LogP contribution in [0.3, 0.4) is 0 Å². The Labute approximate surface area is 222 Å². The highest BCUT2D eigenvalue weighted by Crippen LogP contribution is 2.35. The van der Waals surface area contributed by atoms with Gasteiger partial charge in [-0.05, 0) is 31.5 Å². The van der Waals surface area contributed by atoms with Crippen LogP contribution in [0.25, 0.3) is 11.1 Å². The minimum absolute atomic E-state index is 0.0918. The summed E-state index contributed by atoms with van der Waals surface area (Å²) in [6, 6.07) is 5.28. The fourth-order valence-electron chi connectivity index (χ4n) is 4.22. The van der Waals surface area contributed by atoms with Crippen molar-refractivity contribution >= 4 is 39.9 Å². The molecule has 5 heterocycles. The number of methoxy groups -OCH3 is 1. The molecular weight excluding hydrogens is 514 g/mol. The molecule has 37 heavy (non-hydrogen) atoms. The summed E-state index contributed by atoms with van der Waals surface area (Å²) < 4.78 is 7.06. The maximum absolute atomic E-state index is 13.3. The average Bonchev–Trinajstić information content (AvgIpc) is 3.56. The molecule has 0 aliphatic carbocycles. The zero-order chi connectivity index (χ0) is 26.3. The van der Waals surface area contributed by atoms with Gasteiger partial charge in [-0.2, -0.15) is 5.10 Å². The largest absolute Gasteiger partial charge is 0.494 e. The third-order valence-corrected chi connectivity index (χ3v) is 7.31. The summed E-state index contributed by atoms with van der Waals surface area (Å²) in [5.41, 5.74) is 4.53. The van der Waals surface area contributed by atoms with Crippen LogP contribution in [0, 0.1) is 6.92 Å². The smallest absolute Gasteiger partial charge is 0.272 e. The minimum Gasteiger partial charge on any atom is -0.494 e. The van der Waals surface area contributed by atoms with Crippen molar-refractivity contribution in [1.82, 2.24) is 29.6 Å². The molecule has 0 radical (unpaired) electrons. The molecule has 4 aromatic heterocycles. The van der Waals surface area contributed by atoms with E-state index in [-0.39, 0.29) is 17.0 Å². The summed E-state index contributed by atoms with van der Waals surface area (Å²) in [7, 11) is 3.30. The van der Waals surface area contributed by atoms with Crippen LogP contribution in [0.15, 0.2) is 30.6 Å². The van der Waals surface area contributed by atoms with Gasteiger partial charge in [-0.3, -0.25) is 24.6 Å². The molecule has 0 saturated heterocycles. The summed E-state index contributed by atoms with van der Waals surface area (Å²) in [5.74, 6) is 0.0344. The van der Waals surface area contributed by atoms with Crippen molar-refractivity contribution in [3.05, 3.63) is 69.0 Å². The SMILES string of the molecule is CCc1cc(C(=O)N2Cc3nc(NC(=O)c4cnc(C)cc4-c4cc(Cl)ncc4OC)sc3C2)n(C)n1. The van der Waals surface area contributed by atoms with Crippen LogP contribution in [0.4, 0.5) is 5.13 Å². The first-order chi connectivity index (χ1) is 17.8. The number of aryl methyl sites for hydroxylation is 3. The van der Waals surface area contributed by atoms with Gasteiger partial charge in [-0.25, -0.2) is 9.97 Å². The molecule has 0 unspecified atom stereocenters. The zero-order valence-corrected chi connectivity index (χ0v) is 22.3. The number of thiazole rings is 1. The van der Waals surface area contributed by atoms with Gasteiger partial charge in [-0.1, -0.05) is 29.9 Å². The first-order valence-electron chi connectivity index (χ1n) is 11.6. The van der Waals surface area contributed by atoms with E-state index in [1.165, 1.54) is 30.8 Å². The van der Waals surface area contributed by atoms with E-state index in [1.54, 1.807) is 28.8 Å². The van der Waals surface area contributed by atoms with Crippen LogP contribution >= 0.6 is 22.9 Å². The maximum Gasteiger partial charge on any atom is 0.272 e. The van der Waals surface area contributed by atoms with Crippen LogP contribution in [0.1, 0.15) is 49.7 Å². The molecule has 190 valence electrons. The molecule has 1 aliphatic heterocycles. The fourth-order valence-corrected chi connectivity index (χ4v) is 5.36. The number of amides is 2. The van der Waals surface area contributed by atoms with E-state index in [0.29, 0.717) is 46.4 Å². The van der Waals surface area contributed by atoms with E-state index in [4.69, 9.17) is 16.3 Å². The van der Waals surface area contributed by atoms with Gasteiger partial charge in [0.05, 0.1) is 48.2 Å². The predicted molar refractivity (Wildman–Crippen MR) is 140 cm³/mol. The summed E-state index contributed by atoms with van der Waals surface area (Å²) >= 11 is 7.49. The van der Waals surface area contributed by atoms with Gasteiger partial charge in [0.1, 0.15) is 16.6 Å². The predicted octanol–water partition coefficient (Wildman–Crippen LogP) is 4.27. The van der Waals surface area contributed by atoms with Crippen LogP contribution < -0.4 is 10.1 Å². The lowest BCUT2D eigenvalue weighted by atomic mass is 10.0. The Kier molecular flexibility index (Phi) is 6.65. The monoisotopic (exact) mass is 537 g/mol. The van der Waals surface area contributed by atoms with Crippen molar-refractivity contribution in [2.75, 3.05) is 12.4 Å². The molecule has 1 aliphatic rings. The Balaban J connectivity index is 1.35. The number of carbonyl (C=O) groups excluding carboxylic acids is 2. The Morgan fingerprint density at radius 3 is 2.68 bits per heavy atom. The number of pyridine rings is 2. The third-order valence-electron chi connectivity index (χ3n) is 6.10. The van der Waals surface area contributed by atoms with Crippen molar-refractivity contribution in [3.63, 3.8) is 0 Å². The van der Waals surface area contributed by atoms with Gasteiger partial charge >= 0.3 is 0 Å². The first-order valence-corrected chi connectivity index (χ1v) is 12.8. The third kappa shape index (κ3) is 4.79. The van der Waals surface area contributed by atoms with Gasteiger partial charge in [-0.15, -0.1) is 0 Å². The van der Waals surface area contributed by atoms with Crippen molar-refractivity contribution in [1.29, 1.82) is 0 Å². The molecule has 5 rings (SSSR count). The van der Waals surface area contributed by atoms with E-state index in [9.17, 15) is 9.59 Å². The second kappa shape index (κ2) is 9.91. The van der Waals surface area contributed by atoms with Crippen molar-refractivity contribution < 1.29 is 14.3 Å². The summed E-state index contributed by atoms with van der Waals surface area (Å²) in [6.07, 6.45) is 3.80. The minimum atomic E-state index is -0.361. The number of nitrogens with one attached hydrogen (secondary N) is 1. The number of anilines is 1. The van der Waals surface area contributed by atoms with Gasteiger partial charge in [0.25, 0.3) is 11.8 Å². The van der Waals surface area contributed by atoms with Crippen LogP contribution in [-0.2, 0) is 26.6 Å². The average molecular weight is 538 g/mol. The van der Waals surface area contributed by atoms with Crippen molar-refractivity contribution in [2.24, 2.45) is 7.05 Å². The van der Waals surface area contributed by atoms with Gasteiger partial charge in [0, 0.05) is 30.1 Å². The summed E-state index contributed by atoms with van der Waals surface area (Å²) in [5, 5.41) is 8.00. The zero-order valence-electron chi connectivity index (χ0n) is 20.7. The number of hydrogen-bond acceptors (Lipinski definition) is 8. The molecule has 0 atom stereocenters. The Hall–Kier alpha value is -3.83. The quantitative estimate of drug-likeness (QED) is 0.365. The van der Waals surface area contributed by atoms with E-state index >= 15 is 0 Å². The lowest BCUT2D eigenvalue weighted by Gasteiger charge is -2.15. The first kappa shape index (κ1) is 24.8. The topological polar surface area (TPSA) is 115 Å². The number of rotatable bonds is 6. The van der Waals surface area contributed by atoms with Crippen molar-refractivity contribution in [2.45, 2.75) is 33.4 Å². The standard InChI is InChI=1S/C25H24ClN7O3S/c1-5-14-7-19(32(3)31-14)24(35)33-11-18-21(12-33)37-25(29-18)30-23(34)17-9-27-13(2)6-15(17)16-8-22(26)28-10-20(16)36-4/h6-10H,5,11-12H2,1-4H3,(H,29,30,34). The van der Waals surface area contributed by atoms with Crippen LogP contribution in [0.5, 0.6) is 5.75 Å². The fraction of sp³-hybridized carbons (Fsp3) is 0.280. The molecule has 0 bridgehead atoms. The normalized spacial score (nSPS) is 12.5. The molecule has 4 aromatic rings. The lowest BCUT2D eigenvalue weighted by Crippen LogP contribution is -2.27. The van der Waals surface area contributed by atoms with Gasteiger partial charge in [0.15, 0.2) is 5.13 Å². The number of nitrogens with zero attached hydrogens (tertiary/aromatic N) is 6. The number of aromatic nitrogens is 5. The van der Waals surface area contributed by atoms with Gasteiger partial charge in [0.2, 0.25) is 0 Å². The number of fused-ring (bicyclic) bond motifs is 1. The summed E-state index contributed by atoms with van der Waals surface area (Å²) in [4.78, 5) is 42.0. The molecule has 0 saturated carbocycles. The molecule has 1 N–H and O–H groups in total. The van der Waals surface area contributed by atoms with Gasteiger partial charge < -0.3 is 9.64 Å². The number of carbonyl (C=O) groups is 2. The molecule has 0 spiro atoms. The van der Waals surface area contributed by atoms with Crippen molar-refractivity contribution in [3.8, 4) is 16.9 Å². The molecule has 0 fully saturated rings. The highest BCUT2D eigenvalue weighted by atomic mass is 35.5. The molecule has 0 aromatic carbocycles. The van der Waals surface area contributed by atoms with E-state index in [2.05, 4.69) is 25.4 Å². The Morgan fingerprint density at radius 2 is 1.97 bits per heavy atom. The molecule has 2 amide bonds. The maximum atomic E-state index is 13.3.